The number of fused-ring (bicyclic) bond motifs is 5. The van der Waals surface area contributed by atoms with Gasteiger partial charge >= 0.3 is 0 Å². The number of carbonyl (C=O) groups is 2. The van der Waals surface area contributed by atoms with E-state index in [4.69, 9.17) is 4.55 Å². The maximum Gasteiger partial charge on any atom is 0.261 e. The molecular weight excluding hydrogens is 542 g/mol. The van der Waals surface area contributed by atoms with Gasteiger partial charge in [-0.2, -0.15) is 8.42 Å². The Morgan fingerprint density at radius 2 is 1.80 bits per heavy atom. The number of hydrogen-bond acceptors (Lipinski definition) is 8. The molecule has 0 spiro atoms. The molecule has 1 saturated heterocycles. The van der Waals surface area contributed by atoms with E-state index in [2.05, 4.69) is 34.7 Å². The molecule has 41 heavy (non-hydrogen) atoms. The SMILES string of the molecule is CS(=O)(=O)O.C[C@]12CCC(=O)C=C1CC[C@@H]1C2=CC[C@@]2(C)[C@H]1CC[C@]2(O)C(=O)CN1CCN(c2ccccn2)CC1. The molecule has 3 fully saturated rings. The van der Waals surface area contributed by atoms with Gasteiger partial charge in [0.2, 0.25) is 0 Å². The summed E-state index contributed by atoms with van der Waals surface area (Å²) in [6.07, 6.45) is 12.5. The largest absolute Gasteiger partial charge is 0.381 e. The standard InChI is InChI=1S/C30H39N3O3.CH4O3S/c1-28-11-8-22(34)19-21(28)6-7-23-24(28)9-12-29(2)25(23)10-13-30(29,36)26(35)20-32-15-17-33(18-16-32)27-5-3-4-14-31-27;1-5(2,3)4/h3-5,9,14,19,23,25,36H,6-8,10-13,15-18,20H2,1-2H3;1H3,(H,2,3,4)/t23-,25+,28+,29+,30+;/m1./s1. The molecule has 9 nitrogen and oxygen atoms in total. The zero-order valence-electron chi connectivity index (χ0n) is 24.4. The van der Waals surface area contributed by atoms with Crippen molar-refractivity contribution in [3.8, 4) is 0 Å². The van der Waals surface area contributed by atoms with Crippen LogP contribution in [-0.2, 0) is 19.7 Å². The minimum Gasteiger partial charge on any atom is -0.381 e. The van der Waals surface area contributed by atoms with Crippen molar-refractivity contribution in [3.63, 3.8) is 0 Å². The summed E-state index contributed by atoms with van der Waals surface area (Å²) in [4.78, 5) is 34.8. The van der Waals surface area contributed by atoms with Gasteiger partial charge in [0.25, 0.3) is 10.1 Å². The van der Waals surface area contributed by atoms with Crippen molar-refractivity contribution in [1.82, 2.24) is 9.88 Å². The molecule has 0 radical (unpaired) electrons. The zero-order valence-corrected chi connectivity index (χ0v) is 25.2. The highest BCUT2D eigenvalue weighted by Gasteiger charge is 2.64. The molecule has 2 heterocycles. The summed E-state index contributed by atoms with van der Waals surface area (Å²) in [6.45, 7) is 8.11. The maximum atomic E-state index is 13.7. The fourth-order valence-corrected chi connectivity index (χ4v) is 8.34. The van der Waals surface area contributed by atoms with E-state index in [-0.39, 0.29) is 17.0 Å². The molecule has 0 unspecified atom stereocenters. The maximum absolute atomic E-state index is 13.7. The lowest BCUT2D eigenvalue weighted by Crippen LogP contribution is -2.58. The summed E-state index contributed by atoms with van der Waals surface area (Å²) in [5.41, 5.74) is 1.08. The molecule has 6 rings (SSSR count). The van der Waals surface area contributed by atoms with Crippen LogP contribution in [0, 0.1) is 22.7 Å². The third kappa shape index (κ3) is 5.68. The highest BCUT2D eigenvalue weighted by atomic mass is 32.2. The molecule has 1 aromatic heterocycles. The Balaban J connectivity index is 0.000000623. The number of rotatable bonds is 4. The van der Waals surface area contributed by atoms with Gasteiger partial charge in [-0.3, -0.25) is 19.0 Å². The van der Waals surface area contributed by atoms with E-state index < -0.39 is 21.1 Å². The van der Waals surface area contributed by atoms with Crippen molar-refractivity contribution in [3.05, 3.63) is 47.7 Å². The summed E-state index contributed by atoms with van der Waals surface area (Å²) in [5, 5.41) is 12.0. The normalized spacial score (nSPS) is 35.2. The van der Waals surface area contributed by atoms with Gasteiger partial charge in [0, 0.05) is 49.6 Å². The number of hydrogen-bond donors (Lipinski definition) is 2. The lowest BCUT2D eigenvalue weighted by molar-refractivity contribution is -0.154. The van der Waals surface area contributed by atoms with Crippen LogP contribution < -0.4 is 4.90 Å². The minimum atomic E-state index is -3.67. The summed E-state index contributed by atoms with van der Waals surface area (Å²) in [7, 11) is -3.67. The van der Waals surface area contributed by atoms with Crippen molar-refractivity contribution in [1.29, 1.82) is 0 Å². The number of Topliss-reactive ketones (excluding diaryl/α,β-unsaturated/α-hetero) is 1. The Kier molecular flexibility index (Phi) is 8.08. The monoisotopic (exact) mass is 585 g/mol. The Morgan fingerprint density at radius 3 is 2.46 bits per heavy atom. The van der Waals surface area contributed by atoms with Crippen LogP contribution in [0.4, 0.5) is 5.82 Å². The number of piperazine rings is 1. The van der Waals surface area contributed by atoms with E-state index in [0.29, 0.717) is 37.5 Å². The van der Waals surface area contributed by atoms with Crippen LogP contribution in [0.2, 0.25) is 0 Å². The predicted octanol–water partition coefficient (Wildman–Crippen LogP) is 3.46. The molecule has 0 aromatic carbocycles. The number of carbonyl (C=O) groups excluding carboxylic acids is 2. The Labute approximate surface area is 243 Å². The Bertz CT molecular complexity index is 1340. The fraction of sp³-hybridized carbons (Fsp3) is 0.645. The molecule has 10 heteroatoms. The van der Waals surface area contributed by atoms with E-state index in [1.807, 2.05) is 30.5 Å². The summed E-state index contributed by atoms with van der Waals surface area (Å²) >= 11 is 0. The zero-order chi connectivity index (χ0) is 29.6. The Hall–Kier alpha value is -2.40. The highest BCUT2D eigenvalue weighted by molar-refractivity contribution is 7.85. The lowest BCUT2D eigenvalue weighted by atomic mass is 9.50. The summed E-state index contributed by atoms with van der Waals surface area (Å²) in [6, 6.07) is 5.97. The van der Waals surface area contributed by atoms with Gasteiger partial charge in [-0.1, -0.05) is 37.1 Å². The second-order valence-corrected chi connectivity index (χ2v) is 14.5. The molecule has 1 aliphatic heterocycles. The van der Waals surface area contributed by atoms with Crippen molar-refractivity contribution >= 4 is 27.5 Å². The number of anilines is 1. The van der Waals surface area contributed by atoms with E-state index in [9.17, 15) is 23.1 Å². The number of pyridine rings is 1. The van der Waals surface area contributed by atoms with Crippen molar-refractivity contribution in [2.45, 2.75) is 64.4 Å². The lowest BCUT2D eigenvalue weighted by Gasteiger charge is -2.54. The average Bonchev–Trinajstić information content (AvgIpc) is 3.21. The van der Waals surface area contributed by atoms with E-state index in [0.717, 1.165) is 64.1 Å². The van der Waals surface area contributed by atoms with Crippen LogP contribution in [0.25, 0.3) is 0 Å². The predicted molar refractivity (Wildman–Crippen MR) is 157 cm³/mol. The van der Waals surface area contributed by atoms with Gasteiger partial charge < -0.3 is 10.0 Å². The molecule has 1 aromatic rings. The molecule has 2 N–H and O–H groups in total. The molecule has 4 aliphatic carbocycles. The van der Waals surface area contributed by atoms with Crippen molar-refractivity contribution in [2.24, 2.45) is 22.7 Å². The van der Waals surface area contributed by atoms with Crippen molar-refractivity contribution < 1.29 is 27.7 Å². The first-order chi connectivity index (χ1) is 19.2. The molecule has 2 saturated carbocycles. The van der Waals surface area contributed by atoms with Crippen LogP contribution in [0.3, 0.4) is 0 Å². The minimum absolute atomic E-state index is 0.00139. The number of allylic oxidation sites excluding steroid dienone is 4. The average molecular weight is 586 g/mol. The molecule has 0 amide bonds. The molecular formula is C31H43N3O6S. The van der Waals surface area contributed by atoms with Crippen molar-refractivity contribution in [2.75, 3.05) is 43.9 Å². The van der Waals surface area contributed by atoms with Gasteiger partial charge in [0.15, 0.2) is 11.6 Å². The fourth-order valence-electron chi connectivity index (χ4n) is 8.34. The second-order valence-electron chi connectivity index (χ2n) is 13.0. The number of aliphatic hydroxyl groups is 1. The molecule has 5 aliphatic rings. The van der Waals surface area contributed by atoms with Crippen LogP contribution in [0.15, 0.2) is 47.7 Å². The van der Waals surface area contributed by atoms with Gasteiger partial charge in [-0.25, -0.2) is 4.98 Å². The third-order valence-electron chi connectivity index (χ3n) is 10.7. The quantitative estimate of drug-likeness (QED) is 0.403. The van der Waals surface area contributed by atoms with Gasteiger partial charge in [-0.15, -0.1) is 0 Å². The van der Waals surface area contributed by atoms with Gasteiger partial charge in [-0.05, 0) is 68.6 Å². The van der Waals surface area contributed by atoms with Crippen LogP contribution >= 0.6 is 0 Å². The second kappa shape index (κ2) is 11.0. The highest BCUT2D eigenvalue weighted by Crippen LogP contribution is 2.65. The van der Waals surface area contributed by atoms with E-state index in [1.165, 1.54) is 11.1 Å². The van der Waals surface area contributed by atoms with Crippen LogP contribution in [-0.4, -0.2) is 84.1 Å². The third-order valence-corrected chi connectivity index (χ3v) is 10.7. The molecule has 224 valence electrons. The smallest absolute Gasteiger partial charge is 0.261 e. The first-order valence-corrected chi connectivity index (χ1v) is 16.6. The first-order valence-electron chi connectivity index (χ1n) is 14.8. The van der Waals surface area contributed by atoms with Crippen LogP contribution in [0.1, 0.15) is 58.8 Å². The summed E-state index contributed by atoms with van der Waals surface area (Å²) in [5.74, 6) is 1.98. The number of nitrogens with zero attached hydrogens (tertiary/aromatic N) is 3. The molecule has 0 bridgehead atoms. The number of ketones is 2. The number of aromatic nitrogens is 1. The topological polar surface area (TPSA) is 128 Å². The summed E-state index contributed by atoms with van der Waals surface area (Å²) < 4.78 is 25.9. The van der Waals surface area contributed by atoms with Gasteiger partial charge in [0.1, 0.15) is 11.4 Å². The molecule has 5 atom stereocenters. The van der Waals surface area contributed by atoms with Crippen LogP contribution in [0.5, 0.6) is 0 Å². The van der Waals surface area contributed by atoms with E-state index in [1.54, 1.807) is 0 Å². The van der Waals surface area contributed by atoms with E-state index >= 15 is 0 Å². The Morgan fingerprint density at radius 1 is 1.10 bits per heavy atom. The first kappa shape index (κ1) is 30.1. The van der Waals surface area contributed by atoms with Gasteiger partial charge in [0.05, 0.1) is 12.8 Å².